The lowest BCUT2D eigenvalue weighted by atomic mass is 9.98. The maximum atomic E-state index is 12.0. The number of allylic oxidation sites excluding steroid dienone is 2. The number of β-amino-alcohol motifs (C(OH)–C–C–N with tert-alkyl or cyclic N) is 1. The van der Waals surface area contributed by atoms with Gasteiger partial charge in [-0.1, -0.05) is 64.0 Å². The van der Waals surface area contributed by atoms with Crippen molar-refractivity contribution in [3.63, 3.8) is 0 Å². The Hall–Kier alpha value is -1.16. The van der Waals surface area contributed by atoms with Gasteiger partial charge in [-0.3, -0.25) is 14.5 Å². The molecule has 0 aliphatic carbocycles. The van der Waals surface area contributed by atoms with Crippen LogP contribution in [0.15, 0.2) is 12.2 Å². The molecule has 1 saturated heterocycles. The molecule has 0 aromatic carbocycles. The van der Waals surface area contributed by atoms with Gasteiger partial charge >= 0.3 is 0 Å². The van der Waals surface area contributed by atoms with Crippen molar-refractivity contribution < 1.29 is 14.7 Å². The van der Waals surface area contributed by atoms with E-state index in [0.717, 1.165) is 19.3 Å². The molecule has 0 saturated carbocycles. The van der Waals surface area contributed by atoms with Gasteiger partial charge in [-0.15, -0.1) is 0 Å². The first-order valence-electron chi connectivity index (χ1n) is 9.80. The third kappa shape index (κ3) is 8.09. The lowest BCUT2D eigenvalue weighted by molar-refractivity contribution is -0.139. The zero-order valence-corrected chi connectivity index (χ0v) is 15.3. The molecule has 0 aromatic heterocycles. The molecule has 0 aromatic rings. The summed E-state index contributed by atoms with van der Waals surface area (Å²) < 4.78 is 0. The molecule has 2 amide bonds. The van der Waals surface area contributed by atoms with Crippen molar-refractivity contribution in [2.75, 3.05) is 13.2 Å². The number of imide groups is 1. The number of hydrogen-bond acceptors (Lipinski definition) is 3. The lowest BCUT2D eigenvalue weighted by Crippen LogP contribution is -2.33. The standard InChI is InChI=1S/C20H35NO3/c1-2-3-4-5-6-7-8-9-10-11-12-13-14-18-17-19(23)21(15-16-22)20(18)24/h4-5,18,22H,2-3,6-17H2,1H3/b5-4-. The Labute approximate surface area is 147 Å². The van der Waals surface area contributed by atoms with Gasteiger partial charge in [-0.25, -0.2) is 0 Å². The van der Waals surface area contributed by atoms with Crippen LogP contribution in [0.1, 0.15) is 84.0 Å². The Kier molecular flexibility index (Phi) is 11.5. The molecule has 1 rings (SSSR count). The summed E-state index contributed by atoms with van der Waals surface area (Å²) in [6, 6.07) is 0. The zero-order valence-electron chi connectivity index (χ0n) is 15.3. The van der Waals surface area contributed by atoms with Crippen LogP contribution in [-0.4, -0.2) is 35.0 Å². The molecule has 1 N–H and O–H groups in total. The van der Waals surface area contributed by atoms with Crippen LogP contribution in [0.5, 0.6) is 0 Å². The average Bonchev–Trinajstić information content (AvgIpc) is 2.84. The van der Waals surface area contributed by atoms with Crippen LogP contribution in [0.25, 0.3) is 0 Å². The van der Waals surface area contributed by atoms with E-state index in [-0.39, 0.29) is 30.9 Å². The molecule has 1 atom stereocenters. The Bertz CT molecular complexity index is 392. The van der Waals surface area contributed by atoms with Gasteiger partial charge in [0.05, 0.1) is 13.2 Å². The molecule has 4 heteroatoms. The van der Waals surface area contributed by atoms with E-state index in [4.69, 9.17) is 5.11 Å². The molecule has 0 bridgehead atoms. The van der Waals surface area contributed by atoms with Crippen LogP contribution in [0.2, 0.25) is 0 Å². The second-order valence-corrected chi connectivity index (χ2v) is 6.82. The van der Waals surface area contributed by atoms with Crippen molar-refractivity contribution >= 4 is 11.8 Å². The predicted octanol–water partition coefficient (Wildman–Crippen LogP) is 4.22. The Balaban J connectivity index is 1.95. The van der Waals surface area contributed by atoms with Crippen LogP contribution in [0.3, 0.4) is 0 Å². The van der Waals surface area contributed by atoms with Gasteiger partial charge in [-0.05, 0) is 25.7 Å². The molecule has 4 nitrogen and oxygen atoms in total. The van der Waals surface area contributed by atoms with Crippen molar-refractivity contribution in [1.29, 1.82) is 0 Å². The number of hydrogen-bond donors (Lipinski definition) is 1. The largest absolute Gasteiger partial charge is 0.395 e. The van der Waals surface area contributed by atoms with Gasteiger partial charge in [0.25, 0.3) is 0 Å². The summed E-state index contributed by atoms with van der Waals surface area (Å²) in [5.74, 6) is -0.337. The Morgan fingerprint density at radius 2 is 1.62 bits per heavy atom. The smallest absolute Gasteiger partial charge is 0.232 e. The van der Waals surface area contributed by atoms with Crippen LogP contribution >= 0.6 is 0 Å². The molecule has 24 heavy (non-hydrogen) atoms. The van der Waals surface area contributed by atoms with Gasteiger partial charge in [0.15, 0.2) is 0 Å². The minimum atomic E-state index is -0.140. The van der Waals surface area contributed by atoms with Gasteiger partial charge < -0.3 is 5.11 Å². The maximum Gasteiger partial charge on any atom is 0.232 e. The van der Waals surface area contributed by atoms with E-state index in [0.29, 0.717) is 6.42 Å². The highest BCUT2D eigenvalue weighted by Gasteiger charge is 2.37. The first kappa shape index (κ1) is 20.9. The Morgan fingerprint density at radius 1 is 1.00 bits per heavy atom. The number of rotatable bonds is 14. The summed E-state index contributed by atoms with van der Waals surface area (Å²) in [6.45, 7) is 2.22. The fourth-order valence-corrected chi connectivity index (χ4v) is 3.25. The predicted molar refractivity (Wildman–Crippen MR) is 97.5 cm³/mol. The quantitative estimate of drug-likeness (QED) is 0.293. The second kappa shape index (κ2) is 13.2. The molecule has 1 fully saturated rings. The number of nitrogens with zero attached hydrogens (tertiary/aromatic N) is 1. The first-order valence-corrected chi connectivity index (χ1v) is 9.80. The molecule has 1 aliphatic rings. The lowest BCUT2D eigenvalue weighted by Gasteiger charge is -2.13. The third-order valence-corrected chi connectivity index (χ3v) is 4.71. The molecular formula is C20H35NO3. The maximum absolute atomic E-state index is 12.0. The van der Waals surface area contributed by atoms with Crippen molar-refractivity contribution in [3.8, 4) is 0 Å². The molecule has 0 radical (unpaired) electrons. The van der Waals surface area contributed by atoms with Crippen LogP contribution in [-0.2, 0) is 9.59 Å². The molecule has 0 spiro atoms. The fraction of sp³-hybridized carbons (Fsp3) is 0.800. The van der Waals surface area contributed by atoms with Crippen LogP contribution in [0, 0.1) is 5.92 Å². The summed E-state index contributed by atoms with van der Waals surface area (Å²) in [7, 11) is 0. The number of unbranched alkanes of at least 4 members (excludes halogenated alkanes) is 8. The summed E-state index contributed by atoms with van der Waals surface area (Å²) in [6.07, 6.45) is 18.0. The number of amides is 2. The molecule has 1 aliphatic heterocycles. The van der Waals surface area contributed by atoms with Crippen molar-refractivity contribution in [3.05, 3.63) is 12.2 Å². The van der Waals surface area contributed by atoms with E-state index in [1.165, 1.54) is 56.3 Å². The molecular weight excluding hydrogens is 302 g/mol. The SMILES string of the molecule is CCC/C=C\CCCCCCCCCC1CC(=O)N(CCO)C1=O. The topological polar surface area (TPSA) is 57.6 Å². The highest BCUT2D eigenvalue weighted by molar-refractivity contribution is 6.03. The van der Waals surface area contributed by atoms with E-state index in [1.54, 1.807) is 0 Å². The van der Waals surface area contributed by atoms with Crippen molar-refractivity contribution in [1.82, 2.24) is 4.90 Å². The molecule has 1 heterocycles. The van der Waals surface area contributed by atoms with E-state index in [1.807, 2.05) is 0 Å². The minimum Gasteiger partial charge on any atom is -0.395 e. The summed E-state index contributed by atoms with van der Waals surface area (Å²) in [4.78, 5) is 24.9. The Morgan fingerprint density at radius 3 is 2.29 bits per heavy atom. The molecule has 138 valence electrons. The monoisotopic (exact) mass is 337 g/mol. The second-order valence-electron chi connectivity index (χ2n) is 6.82. The summed E-state index contributed by atoms with van der Waals surface area (Å²) in [5.41, 5.74) is 0. The number of likely N-dealkylation sites (tertiary alicyclic amines) is 1. The number of carbonyl (C=O) groups is 2. The van der Waals surface area contributed by atoms with E-state index < -0.39 is 0 Å². The van der Waals surface area contributed by atoms with E-state index >= 15 is 0 Å². The third-order valence-electron chi connectivity index (χ3n) is 4.71. The normalized spacial score (nSPS) is 18.2. The number of carbonyl (C=O) groups excluding carboxylic acids is 2. The van der Waals surface area contributed by atoms with Gasteiger partial charge in [0.2, 0.25) is 11.8 Å². The van der Waals surface area contributed by atoms with Gasteiger partial charge in [0.1, 0.15) is 0 Å². The van der Waals surface area contributed by atoms with E-state index in [9.17, 15) is 9.59 Å². The summed E-state index contributed by atoms with van der Waals surface area (Å²) >= 11 is 0. The highest BCUT2D eigenvalue weighted by Crippen LogP contribution is 2.24. The number of aliphatic hydroxyl groups excluding tert-OH is 1. The minimum absolute atomic E-state index is 0.0785. The van der Waals surface area contributed by atoms with Crippen LogP contribution in [0.4, 0.5) is 0 Å². The fourth-order valence-electron chi connectivity index (χ4n) is 3.25. The van der Waals surface area contributed by atoms with Gasteiger partial charge in [0, 0.05) is 12.3 Å². The van der Waals surface area contributed by atoms with Crippen molar-refractivity contribution in [2.24, 2.45) is 5.92 Å². The highest BCUT2D eigenvalue weighted by atomic mass is 16.3. The molecule has 1 unspecified atom stereocenters. The zero-order chi connectivity index (χ0) is 17.6. The van der Waals surface area contributed by atoms with E-state index in [2.05, 4.69) is 19.1 Å². The first-order chi connectivity index (χ1) is 11.7. The van der Waals surface area contributed by atoms with Crippen molar-refractivity contribution in [2.45, 2.75) is 84.0 Å². The van der Waals surface area contributed by atoms with Crippen LogP contribution < -0.4 is 0 Å². The van der Waals surface area contributed by atoms with Gasteiger partial charge in [-0.2, -0.15) is 0 Å². The average molecular weight is 338 g/mol. The number of aliphatic hydroxyl groups is 1. The summed E-state index contributed by atoms with van der Waals surface area (Å²) in [5, 5.41) is 8.89.